The minimum atomic E-state index is -0.756. The summed E-state index contributed by atoms with van der Waals surface area (Å²) in [6, 6.07) is 2.59. The maximum Gasteiger partial charge on any atom is 0.268 e. The van der Waals surface area contributed by atoms with Gasteiger partial charge in [0.05, 0.1) is 17.5 Å². The number of carbonyl (C=O) groups excluding carboxylic acids is 2. The molecule has 2 N–H and O–H groups in total. The van der Waals surface area contributed by atoms with E-state index in [-0.39, 0.29) is 11.7 Å². The molecule has 0 spiro atoms. The van der Waals surface area contributed by atoms with E-state index in [4.69, 9.17) is 11.6 Å². The van der Waals surface area contributed by atoms with Gasteiger partial charge in [0.1, 0.15) is 16.9 Å². The number of aromatic nitrogens is 2. The predicted octanol–water partition coefficient (Wildman–Crippen LogP) is 5.56. The molecule has 0 aliphatic carbocycles. The molecule has 0 saturated heterocycles. The van der Waals surface area contributed by atoms with Crippen LogP contribution in [0.3, 0.4) is 0 Å². The minimum Gasteiger partial charge on any atom is -0.349 e. The molecule has 0 unspecified atom stereocenters. The molecule has 0 bridgehead atoms. The topological polar surface area (TPSA) is 78.1 Å². The van der Waals surface area contributed by atoms with E-state index in [1.165, 1.54) is 13.0 Å². The second-order valence-electron chi connectivity index (χ2n) is 7.76. The monoisotopic (exact) mass is 462 g/mol. The number of amides is 2. The second-order valence-corrected chi connectivity index (χ2v) is 8.15. The number of halogens is 2. The van der Waals surface area contributed by atoms with Crippen LogP contribution >= 0.6 is 11.6 Å². The van der Waals surface area contributed by atoms with Crippen molar-refractivity contribution in [3.8, 4) is 0 Å². The Labute approximate surface area is 193 Å². The van der Waals surface area contributed by atoms with E-state index in [1.807, 2.05) is 20.8 Å². The summed E-state index contributed by atoms with van der Waals surface area (Å²) < 4.78 is 13.2. The molecule has 1 atom stereocenters. The van der Waals surface area contributed by atoms with Crippen LogP contribution in [0.5, 0.6) is 0 Å². The molecule has 32 heavy (non-hydrogen) atoms. The minimum absolute atomic E-state index is 0.136. The molecule has 2 heterocycles. The number of pyridine rings is 1. The number of hydrogen-bond donors (Lipinski definition) is 2. The van der Waals surface area contributed by atoms with Crippen molar-refractivity contribution in [2.45, 2.75) is 59.4 Å². The average Bonchev–Trinajstić information content (AvgIpc) is 3.18. The van der Waals surface area contributed by atoms with Gasteiger partial charge >= 0.3 is 0 Å². The predicted molar refractivity (Wildman–Crippen MR) is 127 cm³/mol. The number of H-pyrrole nitrogens is 1. The van der Waals surface area contributed by atoms with Gasteiger partial charge in [0.15, 0.2) is 0 Å². The third-order valence-corrected chi connectivity index (χ3v) is 5.29. The highest BCUT2D eigenvalue weighted by Crippen LogP contribution is 2.19. The SMILES string of the molecule is CCCN(CCC)C(=O)[C@H](C/C(=C/C=C(\C)F)CC)NC(=O)c1cc2cc(Cl)ncc2[nH]1. The Morgan fingerprint density at radius 3 is 2.50 bits per heavy atom. The summed E-state index contributed by atoms with van der Waals surface area (Å²) >= 11 is 5.94. The van der Waals surface area contributed by atoms with Gasteiger partial charge < -0.3 is 15.2 Å². The lowest BCUT2D eigenvalue weighted by atomic mass is 10.0. The summed E-state index contributed by atoms with van der Waals surface area (Å²) in [5.74, 6) is -0.841. The van der Waals surface area contributed by atoms with Crippen LogP contribution in [0.25, 0.3) is 10.9 Å². The van der Waals surface area contributed by atoms with Gasteiger partial charge in [-0.3, -0.25) is 9.59 Å². The van der Waals surface area contributed by atoms with Crippen molar-refractivity contribution in [3.05, 3.63) is 52.7 Å². The third kappa shape index (κ3) is 7.19. The van der Waals surface area contributed by atoms with Crippen LogP contribution in [0.2, 0.25) is 5.15 Å². The maximum atomic E-state index is 13.4. The number of aromatic amines is 1. The standard InChI is InChI=1S/C24H32ClFN4O2/c1-5-10-30(11-6-2)24(32)20(12-17(7-3)9-8-16(4)26)29-23(31)19-13-18-14-22(25)27-15-21(18)28-19/h8-9,13-15,20,28H,5-7,10-12H2,1-4H3,(H,29,31)/b16-8+,17-9+/t20-/m0/s1. The fourth-order valence-corrected chi connectivity index (χ4v) is 3.65. The Morgan fingerprint density at radius 1 is 1.22 bits per heavy atom. The van der Waals surface area contributed by atoms with Gasteiger partial charge in [-0.2, -0.15) is 0 Å². The molecule has 0 fully saturated rings. The molecule has 2 aromatic rings. The van der Waals surface area contributed by atoms with Gasteiger partial charge in [0.25, 0.3) is 5.91 Å². The molecule has 6 nitrogen and oxygen atoms in total. The lowest BCUT2D eigenvalue weighted by molar-refractivity contribution is -0.133. The quantitative estimate of drug-likeness (QED) is 0.339. The van der Waals surface area contributed by atoms with Crippen LogP contribution < -0.4 is 5.32 Å². The first-order valence-corrected chi connectivity index (χ1v) is 11.4. The van der Waals surface area contributed by atoms with Gasteiger partial charge in [0.2, 0.25) is 5.91 Å². The number of nitrogens with zero attached hydrogens (tertiary/aromatic N) is 2. The number of fused-ring (bicyclic) bond motifs is 1. The molecule has 8 heteroatoms. The van der Waals surface area contributed by atoms with Crippen molar-refractivity contribution in [1.29, 1.82) is 0 Å². The zero-order chi connectivity index (χ0) is 23.7. The highest BCUT2D eigenvalue weighted by atomic mass is 35.5. The fourth-order valence-electron chi connectivity index (χ4n) is 3.48. The molecule has 0 aliphatic rings. The van der Waals surface area contributed by atoms with Crippen molar-refractivity contribution < 1.29 is 14.0 Å². The van der Waals surface area contributed by atoms with Crippen molar-refractivity contribution in [2.24, 2.45) is 0 Å². The lowest BCUT2D eigenvalue weighted by Crippen LogP contribution is -2.49. The molecule has 2 rings (SSSR count). The molecule has 2 amide bonds. The zero-order valence-electron chi connectivity index (χ0n) is 19.2. The van der Waals surface area contributed by atoms with E-state index in [1.54, 1.807) is 29.3 Å². The number of rotatable bonds is 11. The lowest BCUT2D eigenvalue weighted by Gasteiger charge is -2.28. The van der Waals surface area contributed by atoms with Crippen molar-refractivity contribution in [2.75, 3.05) is 13.1 Å². The number of nitrogens with one attached hydrogen (secondary N) is 2. The summed E-state index contributed by atoms with van der Waals surface area (Å²) in [5.41, 5.74) is 1.88. The van der Waals surface area contributed by atoms with E-state index in [2.05, 4.69) is 15.3 Å². The van der Waals surface area contributed by atoms with Crippen LogP contribution in [0.15, 0.2) is 41.9 Å². The van der Waals surface area contributed by atoms with E-state index >= 15 is 0 Å². The first-order valence-electron chi connectivity index (χ1n) is 11.0. The summed E-state index contributed by atoms with van der Waals surface area (Å²) in [7, 11) is 0. The highest BCUT2D eigenvalue weighted by Gasteiger charge is 2.27. The van der Waals surface area contributed by atoms with Crippen LogP contribution in [0.4, 0.5) is 4.39 Å². The molecular formula is C24H32ClFN4O2. The van der Waals surface area contributed by atoms with Gasteiger partial charge in [-0.25, -0.2) is 9.37 Å². The van der Waals surface area contributed by atoms with Gasteiger partial charge in [-0.05, 0) is 50.8 Å². The molecule has 174 valence electrons. The molecular weight excluding hydrogens is 431 g/mol. The average molecular weight is 463 g/mol. The summed E-state index contributed by atoms with van der Waals surface area (Å²) in [4.78, 5) is 35.2. The van der Waals surface area contributed by atoms with Crippen LogP contribution in [-0.2, 0) is 4.79 Å². The Morgan fingerprint density at radius 2 is 1.91 bits per heavy atom. The Bertz CT molecular complexity index is 989. The van der Waals surface area contributed by atoms with E-state index in [9.17, 15) is 14.0 Å². The first-order chi connectivity index (χ1) is 15.3. The number of carbonyl (C=O) groups is 2. The molecule has 0 saturated carbocycles. The largest absolute Gasteiger partial charge is 0.349 e. The van der Waals surface area contributed by atoms with Crippen LogP contribution in [0.1, 0.15) is 63.9 Å². The molecule has 0 radical (unpaired) electrons. The van der Waals surface area contributed by atoms with E-state index < -0.39 is 11.9 Å². The van der Waals surface area contributed by atoms with Gasteiger partial charge in [0, 0.05) is 18.5 Å². The fraction of sp³-hybridized carbons (Fsp3) is 0.458. The molecule has 0 aliphatic heterocycles. The normalized spacial score (nSPS) is 13.3. The Balaban J connectivity index is 2.32. The maximum absolute atomic E-state index is 13.4. The van der Waals surface area contributed by atoms with Crippen LogP contribution in [-0.4, -0.2) is 45.8 Å². The summed E-state index contributed by atoms with van der Waals surface area (Å²) in [6.07, 6.45) is 7.22. The Kier molecular flexibility index (Phi) is 9.91. The summed E-state index contributed by atoms with van der Waals surface area (Å²) in [5, 5.41) is 3.98. The Hall–Kier alpha value is -2.67. The van der Waals surface area contributed by atoms with Crippen molar-refractivity contribution in [1.82, 2.24) is 20.2 Å². The van der Waals surface area contributed by atoms with E-state index in [0.29, 0.717) is 42.3 Å². The number of hydrogen-bond acceptors (Lipinski definition) is 3. The van der Waals surface area contributed by atoms with Crippen molar-refractivity contribution >= 4 is 34.3 Å². The third-order valence-electron chi connectivity index (χ3n) is 5.09. The van der Waals surface area contributed by atoms with E-state index in [0.717, 1.165) is 23.8 Å². The van der Waals surface area contributed by atoms with Gasteiger partial charge in [-0.15, -0.1) is 0 Å². The zero-order valence-corrected chi connectivity index (χ0v) is 19.9. The van der Waals surface area contributed by atoms with Crippen LogP contribution in [0, 0.1) is 0 Å². The molecule has 0 aromatic carbocycles. The highest BCUT2D eigenvalue weighted by molar-refractivity contribution is 6.30. The second kappa shape index (κ2) is 12.4. The van der Waals surface area contributed by atoms with Gasteiger partial charge in [-0.1, -0.05) is 44.0 Å². The summed E-state index contributed by atoms with van der Waals surface area (Å²) in [6.45, 7) is 8.57. The first kappa shape index (κ1) is 25.6. The number of allylic oxidation sites excluding steroid dienone is 3. The smallest absolute Gasteiger partial charge is 0.268 e. The van der Waals surface area contributed by atoms with Crippen molar-refractivity contribution in [3.63, 3.8) is 0 Å². The molecule has 2 aromatic heterocycles.